The van der Waals surface area contributed by atoms with Crippen molar-refractivity contribution in [2.75, 3.05) is 5.32 Å². The Kier molecular flexibility index (Phi) is 4.49. The van der Waals surface area contributed by atoms with Crippen molar-refractivity contribution in [2.24, 2.45) is 11.7 Å². The maximum absolute atomic E-state index is 11.2. The Morgan fingerprint density at radius 3 is 2.50 bits per heavy atom. The Morgan fingerprint density at radius 1 is 1.50 bits per heavy atom. The molecule has 6 nitrogen and oxygen atoms in total. The van der Waals surface area contributed by atoms with Crippen LogP contribution in [0.4, 0.5) is 5.82 Å². The number of hydrogen-bond acceptors (Lipinski definition) is 4. The lowest BCUT2D eigenvalue weighted by Gasteiger charge is -2.20. The molecule has 0 aliphatic heterocycles. The molecule has 1 rings (SSSR count). The summed E-state index contributed by atoms with van der Waals surface area (Å²) in [5, 5.41) is 11.7. The first-order valence-corrected chi connectivity index (χ1v) is 5.65. The van der Waals surface area contributed by atoms with Gasteiger partial charge in [-0.1, -0.05) is 25.4 Å². The lowest BCUT2D eigenvalue weighted by Crippen LogP contribution is -2.39. The smallest absolute Gasteiger partial charge is 0.337 e. The molecule has 1 unspecified atom stereocenters. The Bertz CT molecular complexity index is 477. The van der Waals surface area contributed by atoms with Gasteiger partial charge in [0.1, 0.15) is 11.9 Å². The molecular weight excluding hydrogens is 258 g/mol. The zero-order valence-corrected chi connectivity index (χ0v) is 10.7. The molecule has 0 spiro atoms. The molecule has 0 aliphatic carbocycles. The molecule has 0 saturated heterocycles. The van der Waals surface area contributed by atoms with Crippen LogP contribution in [0.1, 0.15) is 24.2 Å². The summed E-state index contributed by atoms with van der Waals surface area (Å²) in [7, 11) is 0. The maximum Gasteiger partial charge on any atom is 0.337 e. The van der Waals surface area contributed by atoms with E-state index in [1.54, 1.807) is 0 Å². The highest BCUT2D eigenvalue weighted by molar-refractivity contribution is 6.33. The van der Waals surface area contributed by atoms with Gasteiger partial charge >= 0.3 is 5.97 Å². The molecule has 0 bridgehead atoms. The third-order valence-corrected chi connectivity index (χ3v) is 2.64. The molecule has 18 heavy (non-hydrogen) atoms. The first kappa shape index (κ1) is 14.2. The molecule has 4 N–H and O–H groups in total. The van der Waals surface area contributed by atoms with E-state index in [-0.39, 0.29) is 22.3 Å². The molecule has 1 heterocycles. The van der Waals surface area contributed by atoms with E-state index < -0.39 is 17.9 Å². The number of halogens is 1. The molecule has 1 aromatic heterocycles. The van der Waals surface area contributed by atoms with Crippen LogP contribution in [0, 0.1) is 5.92 Å². The van der Waals surface area contributed by atoms with Gasteiger partial charge in [-0.2, -0.15) is 0 Å². The predicted molar refractivity (Wildman–Crippen MR) is 67.6 cm³/mol. The number of rotatable bonds is 5. The summed E-state index contributed by atoms with van der Waals surface area (Å²) in [6.45, 7) is 3.64. The number of carbonyl (C=O) groups excluding carboxylic acids is 1. The number of amides is 1. The summed E-state index contributed by atoms with van der Waals surface area (Å²) in [4.78, 5) is 25.8. The van der Waals surface area contributed by atoms with Gasteiger partial charge in [-0.25, -0.2) is 9.78 Å². The summed E-state index contributed by atoms with van der Waals surface area (Å²) in [5.74, 6) is -1.45. The molecule has 0 saturated carbocycles. The average molecular weight is 272 g/mol. The zero-order chi connectivity index (χ0) is 13.9. The molecule has 0 aliphatic rings. The summed E-state index contributed by atoms with van der Waals surface area (Å²) >= 11 is 5.89. The van der Waals surface area contributed by atoms with E-state index in [1.165, 1.54) is 6.07 Å². The second kappa shape index (κ2) is 5.68. The summed E-state index contributed by atoms with van der Waals surface area (Å²) < 4.78 is 0. The van der Waals surface area contributed by atoms with Gasteiger partial charge in [0.05, 0.1) is 10.6 Å². The van der Waals surface area contributed by atoms with Crippen molar-refractivity contribution in [1.82, 2.24) is 4.98 Å². The molecule has 0 radical (unpaired) electrons. The van der Waals surface area contributed by atoms with E-state index in [9.17, 15) is 9.59 Å². The number of primary amides is 1. The third-order valence-electron chi connectivity index (χ3n) is 2.35. The van der Waals surface area contributed by atoms with Gasteiger partial charge in [0, 0.05) is 6.20 Å². The Hall–Kier alpha value is -1.82. The number of carboxylic acid groups (broad SMARTS) is 1. The first-order valence-electron chi connectivity index (χ1n) is 5.27. The fourth-order valence-electron chi connectivity index (χ4n) is 1.37. The van der Waals surface area contributed by atoms with Crippen LogP contribution < -0.4 is 11.1 Å². The number of aromatic carboxylic acids is 1. The van der Waals surface area contributed by atoms with Crippen LogP contribution in [0.5, 0.6) is 0 Å². The molecular formula is C11H14ClN3O3. The van der Waals surface area contributed by atoms with Crippen LogP contribution in [0.15, 0.2) is 12.3 Å². The Balaban J connectivity index is 2.97. The summed E-state index contributed by atoms with van der Waals surface area (Å²) in [6.07, 6.45) is 1.16. The maximum atomic E-state index is 11.2. The van der Waals surface area contributed by atoms with Gasteiger partial charge in [-0.15, -0.1) is 0 Å². The van der Waals surface area contributed by atoms with E-state index in [1.807, 2.05) is 13.8 Å². The lowest BCUT2D eigenvalue weighted by atomic mass is 10.0. The van der Waals surface area contributed by atoms with Crippen molar-refractivity contribution in [2.45, 2.75) is 19.9 Å². The van der Waals surface area contributed by atoms with Crippen LogP contribution in [0.2, 0.25) is 5.02 Å². The number of carboxylic acids is 1. The number of aromatic nitrogens is 1. The van der Waals surface area contributed by atoms with Crippen molar-refractivity contribution >= 4 is 29.3 Å². The first-order chi connectivity index (χ1) is 8.32. The van der Waals surface area contributed by atoms with Crippen molar-refractivity contribution in [1.29, 1.82) is 0 Å². The molecule has 1 aromatic rings. The Morgan fingerprint density at radius 2 is 2.11 bits per heavy atom. The van der Waals surface area contributed by atoms with Crippen molar-refractivity contribution in [3.63, 3.8) is 0 Å². The minimum Gasteiger partial charge on any atom is -0.478 e. The summed E-state index contributed by atoms with van der Waals surface area (Å²) in [6, 6.07) is 0.642. The van der Waals surface area contributed by atoms with Crippen LogP contribution >= 0.6 is 11.6 Å². The van der Waals surface area contributed by atoms with Gasteiger partial charge in [0.25, 0.3) is 0 Å². The largest absolute Gasteiger partial charge is 0.478 e. The molecule has 0 aromatic carbocycles. The minimum absolute atomic E-state index is 0.0225. The molecule has 98 valence electrons. The monoisotopic (exact) mass is 271 g/mol. The van der Waals surface area contributed by atoms with E-state index in [4.69, 9.17) is 22.4 Å². The predicted octanol–water partition coefficient (Wildman–Crippen LogP) is 1.35. The van der Waals surface area contributed by atoms with Gasteiger partial charge in [-0.05, 0) is 12.0 Å². The van der Waals surface area contributed by atoms with Crippen molar-refractivity contribution < 1.29 is 14.7 Å². The number of carbonyl (C=O) groups is 2. The van der Waals surface area contributed by atoms with Crippen molar-refractivity contribution in [3.05, 3.63) is 22.8 Å². The van der Waals surface area contributed by atoms with Gasteiger partial charge in [0.2, 0.25) is 5.91 Å². The zero-order valence-electron chi connectivity index (χ0n) is 9.98. The minimum atomic E-state index is -1.12. The second-order valence-corrected chi connectivity index (χ2v) is 4.54. The van der Waals surface area contributed by atoms with E-state index in [0.29, 0.717) is 0 Å². The molecule has 0 fully saturated rings. The van der Waals surface area contributed by atoms with E-state index >= 15 is 0 Å². The second-order valence-electron chi connectivity index (χ2n) is 4.13. The highest BCUT2D eigenvalue weighted by atomic mass is 35.5. The van der Waals surface area contributed by atoms with Crippen LogP contribution in [-0.4, -0.2) is 28.0 Å². The fraction of sp³-hybridized carbons (Fsp3) is 0.364. The number of nitrogens with two attached hydrogens (primary N) is 1. The quantitative estimate of drug-likeness (QED) is 0.750. The molecule has 7 heteroatoms. The Labute approximate surface area is 109 Å². The average Bonchev–Trinajstić information content (AvgIpc) is 2.25. The lowest BCUT2D eigenvalue weighted by molar-refractivity contribution is -0.119. The standard InChI is InChI=1S/C11H14ClN3O3/c1-5(2)8(9(13)16)15-10-7(12)3-6(4-14-10)11(17)18/h3-5,8H,1-2H3,(H2,13,16)(H,14,15)(H,17,18). The summed E-state index contributed by atoms with van der Waals surface area (Å²) in [5.41, 5.74) is 5.22. The number of pyridine rings is 1. The molecule has 1 atom stereocenters. The topological polar surface area (TPSA) is 105 Å². The normalized spacial score (nSPS) is 12.2. The SMILES string of the molecule is CC(C)C(Nc1ncc(C(=O)O)cc1Cl)C(N)=O. The number of nitrogens with one attached hydrogen (secondary N) is 1. The number of nitrogens with zero attached hydrogens (tertiary/aromatic N) is 1. The van der Waals surface area contributed by atoms with Crippen LogP contribution in [0.25, 0.3) is 0 Å². The van der Waals surface area contributed by atoms with E-state index in [0.717, 1.165) is 6.20 Å². The number of anilines is 1. The van der Waals surface area contributed by atoms with Gasteiger partial charge in [0.15, 0.2) is 0 Å². The van der Waals surface area contributed by atoms with E-state index in [2.05, 4.69) is 10.3 Å². The van der Waals surface area contributed by atoms with Gasteiger partial charge < -0.3 is 16.2 Å². The molecule has 1 amide bonds. The van der Waals surface area contributed by atoms with Gasteiger partial charge in [-0.3, -0.25) is 4.79 Å². The number of hydrogen-bond donors (Lipinski definition) is 3. The third kappa shape index (κ3) is 3.33. The van der Waals surface area contributed by atoms with Crippen LogP contribution in [-0.2, 0) is 4.79 Å². The van der Waals surface area contributed by atoms with Crippen molar-refractivity contribution in [3.8, 4) is 0 Å². The highest BCUT2D eigenvalue weighted by Gasteiger charge is 2.21. The van der Waals surface area contributed by atoms with Crippen LogP contribution in [0.3, 0.4) is 0 Å². The highest BCUT2D eigenvalue weighted by Crippen LogP contribution is 2.22. The fourth-order valence-corrected chi connectivity index (χ4v) is 1.60.